The van der Waals surface area contributed by atoms with E-state index in [1.165, 1.54) is 22.5 Å². The van der Waals surface area contributed by atoms with Gasteiger partial charge < -0.3 is 0 Å². The maximum absolute atomic E-state index is 13.1. The van der Waals surface area contributed by atoms with E-state index >= 15 is 0 Å². The molecule has 0 atom stereocenters. The summed E-state index contributed by atoms with van der Waals surface area (Å²) in [5.74, 6) is 1.38. The average Bonchev–Trinajstić information content (AvgIpc) is 3.38. The lowest BCUT2D eigenvalue weighted by Crippen LogP contribution is -2.23. The number of hydrogen-bond acceptors (Lipinski definition) is 5. The molecule has 3 heterocycles. The molecule has 0 fully saturated rings. The van der Waals surface area contributed by atoms with Crippen molar-refractivity contribution in [3.63, 3.8) is 0 Å². The number of hydrogen-bond donors (Lipinski definition) is 0. The second kappa shape index (κ2) is 7.50. The summed E-state index contributed by atoms with van der Waals surface area (Å²) >= 11 is 3.11. The van der Waals surface area contributed by atoms with Crippen LogP contribution < -0.4 is 5.56 Å². The number of fused-ring (bicyclic) bond motifs is 3. The van der Waals surface area contributed by atoms with Crippen LogP contribution in [0.25, 0.3) is 16.0 Å². The van der Waals surface area contributed by atoms with Crippen LogP contribution in [0.15, 0.2) is 76.0 Å². The summed E-state index contributed by atoms with van der Waals surface area (Å²) in [4.78, 5) is 13.1. The normalized spacial score (nSPS) is 11.5. The van der Waals surface area contributed by atoms with E-state index in [1.54, 1.807) is 16.3 Å². The molecule has 5 aromatic rings. The molecule has 0 unspecified atom stereocenters. The maximum Gasteiger partial charge on any atom is 0.273 e. The van der Waals surface area contributed by atoms with Gasteiger partial charge in [0.2, 0.25) is 5.78 Å². The largest absolute Gasteiger partial charge is 0.273 e. The first-order valence-corrected chi connectivity index (χ1v) is 11.2. The minimum atomic E-state index is -0.0193. The first kappa shape index (κ1) is 18.1. The van der Waals surface area contributed by atoms with Gasteiger partial charge in [-0.25, -0.2) is 0 Å². The summed E-state index contributed by atoms with van der Waals surface area (Å²) in [5, 5.41) is 11.6. The highest BCUT2D eigenvalue weighted by Crippen LogP contribution is 2.27. The Kier molecular flexibility index (Phi) is 4.69. The SMILES string of the molecule is Cc1ccccc1CSc1nnc2n(Cc3ccccc3)c(=O)c3sccc3n12. The van der Waals surface area contributed by atoms with Crippen molar-refractivity contribution in [2.45, 2.75) is 24.4 Å². The van der Waals surface area contributed by atoms with Crippen LogP contribution in [0.5, 0.6) is 0 Å². The standard InChI is InChI=1S/C22H18N4OS2/c1-15-7-5-6-10-17(15)14-29-22-24-23-21-25(13-16-8-3-2-4-9-16)20(27)19-18(26(21)22)11-12-28-19/h2-12H,13-14H2,1H3. The minimum Gasteiger partial charge on any atom is -0.271 e. The van der Waals surface area contributed by atoms with Crippen molar-refractivity contribution in [2.24, 2.45) is 0 Å². The fourth-order valence-corrected chi connectivity index (χ4v) is 5.26. The van der Waals surface area contributed by atoms with Gasteiger partial charge in [-0.15, -0.1) is 21.5 Å². The first-order valence-electron chi connectivity index (χ1n) is 9.29. The first-order chi connectivity index (χ1) is 14.2. The molecule has 7 heteroatoms. The molecule has 0 aliphatic heterocycles. The van der Waals surface area contributed by atoms with Crippen LogP contribution >= 0.6 is 23.1 Å². The van der Waals surface area contributed by atoms with Gasteiger partial charge in [0, 0.05) is 5.75 Å². The number of thiophene rings is 1. The lowest BCUT2D eigenvalue weighted by molar-refractivity contribution is 0.765. The van der Waals surface area contributed by atoms with Crippen LogP contribution in [0.2, 0.25) is 0 Å². The Balaban J connectivity index is 1.62. The molecule has 0 N–H and O–H groups in total. The predicted octanol–water partition coefficient (Wildman–Crippen LogP) is 4.75. The van der Waals surface area contributed by atoms with Gasteiger partial charge in [0.15, 0.2) is 5.16 Å². The summed E-state index contributed by atoms with van der Waals surface area (Å²) in [7, 11) is 0. The molecule has 0 radical (unpaired) electrons. The van der Waals surface area contributed by atoms with Gasteiger partial charge in [-0.2, -0.15) is 0 Å². The molecular weight excluding hydrogens is 400 g/mol. The van der Waals surface area contributed by atoms with E-state index in [1.807, 2.05) is 52.2 Å². The Morgan fingerprint density at radius 1 is 1.00 bits per heavy atom. The van der Waals surface area contributed by atoms with Crippen LogP contribution in [0.3, 0.4) is 0 Å². The number of thioether (sulfide) groups is 1. The monoisotopic (exact) mass is 418 g/mol. The van der Waals surface area contributed by atoms with Crippen LogP contribution in [0, 0.1) is 6.92 Å². The molecule has 29 heavy (non-hydrogen) atoms. The van der Waals surface area contributed by atoms with Crippen molar-refractivity contribution in [3.8, 4) is 0 Å². The van der Waals surface area contributed by atoms with E-state index in [9.17, 15) is 4.79 Å². The third-order valence-corrected chi connectivity index (χ3v) is 6.85. The molecule has 0 saturated heterocycles. The Morgan fingerprint density at radius 3 is 2.62 bits per heavy atom. The van der Waals surface area contributed by atoms with Gasteiger partial charge in [-0.05, 0) is 35.1 Å². The molecule has 5 nitrogen and oxygen atoms in total. The van der Waals surface area contributed by atoms with Crippen molar-refractivity contribution in [1.82, 2.24) is 19.2 Å². The highest BCUT2D eigenvalue weighted by molar-refractivity contribution is 7.98. The summed E-state index contributed by atoms with van der Waals surface area (Å²) in [6, 6.07) is 20.3. The highest BCUT2D eigenvalue weighted by Gasteiger charge is 2.18. The topological polar surface area (TPSA) is 52.2 Å². The molecule has 5 rings (SSSR count). The second-order valence-corrected chi connectivity index (χ2v) is 8.70. The molecule has 144 valence electrons. The van der Waals surface area contributed by atoms with Crippen LogP contribution in [-0.4, -0.2) is 19.2 Å². The average molecular weight is 419 g/mol. The smallest absolute Gasteiger partial charge is 0.271 e. The summed E-state index contributed by atoms with van der Waals surface area (Å²) in [6.45, 7) is 2.59. The molecule has 2 aromatic carbocycles. The van der Waals surface area contributed by atoms with Gasteiger partial charge in [-0.1, -0.05) is 66.4 Å². The van der Waals surface area contributed by atoms with Gasteiger partial charge in [-0.3, -0.25) is 13.8 Å². The number of rotatable bonds is 5. The van der Waals surface area contributed by atoms with E-state index in [4.69, 9.17) is 0 Å². The number of benzene rings is 2. The summed E-state index contributed by atoms with van der Waals surface area (Å²) in [6.07, 6.45) is 0. The molecule has 0 aliphatic rings. The van der Waals surface area contributed by atoms with Gasteiger partial charge in [0.05, 0.1) is 12.1 Å². The number of aromatic nitrogens is 4. The zero-order chi connectivity index (χ0) is 19.8. The van der Waals surface area contributed by atoms with Gasteiger partial charge in [0.1, 0.15) is 4.70 Å². The van der Waals surface area contributed by atoms with Gasteiger partial charge in [0.25, 0.3) is 5.56 Å². The van der Waals surface area contributed by atoms with Crippen LogP contribution in [-0.2, 0) is 12.3 Å². The lowest BCUT2D eigenvalue weighted by Gasteiger charge is -2.10. The van der Waals surface area contributed by atoms with Crippen molar-refractivity contribution < 1.29 is 0 Å². The Labute approximate surface area is 175 Å². The molecule has 0 saturated carbocycles. The van der Waals surface area contributed by atoms with Crippen molar-refractivity contribution in [1.29, 1.82) is 0 Å². The number of nitrogens with zero attached hydrogens (tertiary/aromatic N) is 4. The maximum atomic E-state index is 13.1. The third-order valence-electron chi connectivity index (χ3n) is 4.98. The zero-order valence-corrected chi connectivity index (χ0v) is 17.4. The lowest BCUT2D eigenvalue weighted by atomic mass is 10.1. The predicted molar refractivity (Wildman–Crippen MR) is 119 cm³/mol. The molecule has 0 bridgehead atoms. The zero-order valence-electron chi connectivity index (χ0n) is 15.8. The molecule has 3 aromatic heterocycles. The van der Waals surface area contributed by atoms with Crippen LogP contribution in [0.1, 0.15) is 16.7 Å². The van der Waals surface area contributed by atoms with E-state index in [0.29, 0.717) is 12.3 Å². The summed E-state index contributed by atoms with van der Waals surface area (Å²) < 4.78 is 4.46. The van der Waals surface area contributed by atoms with Crippen molar-refractivity contribution in [2.75, 3.05) is 0 Å². The third kappa shape index (κ3) is 3.26. The minimum absolute atomic E-state index is 0.0193. The van der Waals surface area contributed by atoms with Crippen molar-refractivity contribution in [3.05, 3.63) is 93.1 Å². The Hall–Kier alpha value is -2.90. The Bertz CT molecular complexity index is 1370. The van der Waals surface area contributed by atoms with E-state index in [-0.39, 0.29) is 5.56 Å². The van der Waals surface area contributed by atoms with E-state index in [0.717, 1.165) is 26.7 Å². The fourth-order valence-electron chi connectivity index (χ4n) is 3.42. The van der Waals surface area contributed by atoms with Crippen LogP contribution in [0.4, 0.5) is 0 Å². The fraction of sp³-hybridized carbons (Fsp3) is 0.136. The van der Waals surface area contributed by atoms with Crippen molar-refractivity contribution >= 4 is 39.1 Å². The molecule has 0 amide bonds. The Morgan fingerprint density at radius 2 is 1.79 bits per heavy atom. The van der Waals surface area contributed by atoms with E-state index < -0.39 is 0 Å². The molecule has 0 aliphatic carbocycles. The van der Waals surface area contributed by atoms with E-state index in [2.05, 4.69) is 35.3 Å². The highest BCUT2D eigenvalue weighted by atomic mass is 32.2. The molecular formula is C22H18N4OS2. The second-order valence-electron chi connectivity index (χ2n) is 6.85. The number of aryl methyl sites for hydroxylation is 1. The molecule has 0 spiro atoms. The van der Waals surface area contributed by atoms with Gasteiger partial charge >= 0.3 is 0 Å². The summed E-state index contributed by atoms with van der Waals surface area (Å²) in [5.41, 5.74) is 4.44. The quantitative estimate of drug-likeness (QED) is 0.386.